The average Bonchev–Trinajstić information content (AvgIpc) is 3.40. The molecule has 0 saturated heterocycles. The molecule has 0 spiro atoms. The highest BCUT2D eigenvalue weighted by Crippen LogP contribution is 2.29. The van der Waals surface area contributed by atoms with Crippen LogP contribution in [0.15, 0.2) is 108 Å². The van der Waals surface area contributed by atoms with Gasteiger partial charge >= 0.3 is 7.12 Å². The first kappa shape index (κ1) is 27.1. The summed E-state index contributed by atoms with van der Waals surface area (Å²) >= 11 is 0. The third-order valence-corrected chi connectivity index (χ3v) is 7.05. The fourth-order valence-electron chi connectivity index (χ4n) is 4.96. The molecule has 202 valence electrons. The van der Waals surface area contributed by atoms with Gasteiger partial charge in [-0.2, -0.15) is 0 Å². The maximum absolute atomic E-state index is 13.7. The Kier molecular flexibility index (Phi) is 8.24. The van der Waals surface area contributed by atoms with Crippen LogP contribution in [0, 0.1) is 0 Å². The van der Waals surface area contributed by atoms with E-state index in [1.165, 1.54) is 0 Å². The molecule has 2 amide bonds. The molecule has 0 radical (unpaired) electrons. The average molecular weight is 535 g/mol. The van der Waals surface area contributed by atoms with Gasteiger partial charge in [-0.25, -0.2) is 0 Å². The van der Waals surface area contributed by atoms with Crippen LogP contribution in [0.4, 0.5) is 0 Å². The van der Waals surface area contributed by atoms with Gasteiger partial charge in [0.15, 0.2) is 0 Å². The molecule has 0 aliphatic carbocycles. The van der Waals surface area contributed by atoms with Gasteiger partial charge in [-0.05, 0) is 34.4 Å². The quantitative estimate of drug-likeness (QED) is 0.233. The van der Waals surface area contributed by atoms with Crippen molar-refractivity contribution in [3.63, 3.8) is 0 Å². The molecule has 2 unspecified atom stereocenters. The number of oxime groups is 1. The summed E-state index contributed by atoms with van der Waals surface area (Å²) < 4.78 is 0. The number of benzene rings is 4. The van der Waals surface area contributed by atoms with Gasteiger partial charge in [0.1, 0.15) is 0 Å². The lowest BCUT2D eigenvalue weighted by molar-refractivity contribution is -0.144. The summed E-state index contributed by atoms with van der Waals surface area (Å²) in [6, 6.07) is 31.9. The van der Waals surface area contributed by atoms with E-state index >= 15 is 0 Å². The first-order chi connectivity index (χ1) is 19.4. The summed E-state index contributed by atoms with van der Waals surface area (Å²) in [5.74, 6) is -1.72. The summed E-state index contributed by atoms with van der Waals surface area (Å²) in [4.78, 5) is 32.6. The monoisotopic (exact) mass is 535 g/mol. The molecule has 0 bridgehead atoms. The second-order valence-corrected chi connectivity index (χ2v) is 9.97. The Morgan fingerprint density at radius 2 is 1.52 bits per heavy atom. The van der Waals surface area contributed by atoms with E-state index in [9.17, 15) is 19.6 Å². The minimum Gasteiger partial charge on any atom is -0.426 e. The second kappa shape index (κ2) is 12.2. The Bertz CT molecular complexity index is 1510. The van der Waals surface area contributed by atoms with Crippen LogP contribution >= 0.6 is 0 Å². The molecule has 40 heavy (non-hydrogen) atoms. The largest absolute Gasteiger partial charge is 0.475 e. The smallest absolute Gasteiger partial charge is 0.426 e. The van der Waals surface area contributed by atoms with E-state index in [1.807, 2.05) is 97.1 Å². The molecule has 0 saturated carbocycles. The molecule has 1 heterocycles. The van der Waals surface area contributed by atoms with Crippen molar-refractivity contribution < 1.29 is 24.5 Å². The third-order valence-electron chi connectivity index (χ3n) is 7.05. The highest BCUT2D eigenvalue weighted by atomic mass is 16.7. The van der Waals surface area contributed by atoms with Crippen LogP contribution in [0.1, 0.15) is 27.9 Å². The number of carbonyl (C=O) groups is 2. The normalized spacial score (nSPS) is 17.0. The molecule has 1 aliphatic rings. The zero-order valence-electron chi connectivity index (χ0n) is 21.9. The molecule has 4 aromatic carbocycles. The first-order valence-electron chi connectivity index (χ1n) is 13.2. The Labute approximate surface area is 232 Å². The second-order valence-electron chi connectivity index (χ2n) is 9.97. The molecular formula is C31H30BN3O5. The van der Waals surface area contributed by atoms with Gasteiger partial charge in [0.05, 0.1) is 18.2 Å². The number of rotatable bonds is 10. The standard InChI is InChI=1S/C31H30BN3O5/c36-29(27-17-9-15-24-14-7-8-16-26(24)27)33-21-25-20-31(40-35-25,19-23-12-5-2-6-13-23)30(37)34-28(32(38)39)18-22-10-3-1-4-11-22/h1-17,28,38-39H,18-21H2,(H,33,36)(H,34,37). The van der Waals surface area contributed by atoms with Crippen LogP contribution in [-0.4, -0.2) is 52.8 Å². The van der Waals surface area contributed by atoms with Crippen molar-refractivity contribution in [1.82, 2.24) is 10.6 Å². The van der Waals surface area contributed by atoms with Crippen molar-refractivity contribution in [2.75, 3.05) is 6.54 Å². The zero-order chi connectivity index (χ0) is 28.0. The van der Waals surface area contributed by atoms with Gasteiger partial charge in [-0.1, -0.05) is 102 Å². The summed E-state index contributed by atoms with van der Waals surface area (Å²) in [7, 11) is -1.78. The lowest BCUT2D eigenvalue weighted by atomic mass is 9.75. The van der Waals surface area contributed by atoms with Gasteiger partial charge in [0.25, 0.3) is 11.8 Å². The molecule has 2 atom stereocenters. The van der Waals surface area contributed by atoms with Crippen LogP contribution in [0.25, 0.3) is 10.8 Å². The van der Waals surface area contributed by atoms with Crippen molar-refractivity contribution in [2.45, 2.75) is 30.8 Å². The van der Waals surface area contributed by atoms with Crippen LogP contribution < -0.4 is 10.6 Å². The van der Waals surface area contributed by atoms with Crippen LogP contribution in [-0.2, 0) is 22.5 Å². The molecule has 1 aliphatic heterocycles. The molecule has 8 nitrogen and oxygen atoms in total. The SMILES string of the molecule is O=C(NCC1=NOC(Cc2ccccc2)(C(=O)NC(Cc2ccccc2)B(O)O)C1)c1cccc2ccccc12. The van der Waals surface area contributed by atoms with Gasteiger partial charge in [0.2, 0.25) is 5.60 Å². The van der Waals surface area contributed by atoms with Crippen molar-refractivity contribution >= 4 is 35.4 Å². The predicted molar refractivity (Wildman–Crippen MR) is 155 cm³/mol. The van der Waals surface area contributed by atoms with Gasteiger partial charge in [-0.3, -0.25) is 9.59 Å². The van der Waals surface area contributed by atoms with Crippen molar-refractivity contribution in [3.05, 3.63) is 120 Å². The maximum atomic E-state index is 13.7. The summed E-state index contributed by atoms with van der Waals surface area (Å²) in [5.41, 5.74) is 1.34. The fraction of sp³-hybridized carbons (Fsp3) is 0.194. The van der Waals surface area contributed by atoms with Crippen LogP contribution in [0.5, 0.6) is 0 Å². The maximum Gasteiger partial charge on any atom is 0.475 e. The van der Waals surface area contributed by atoms with Crippen molar-refractivity contribution in [1.29, 1.82) is 0 Å². The number of hydrogen-bond acceptors (Lipinski definition) is 6. The molecule has 0 aromatic heterocycles. The first-order valence-corrected chi connectivity index (χ1v) is 13.2. The van der Waals surface area contributed by atoms with E-state index in [2.05, 4.69) is 15.8 Å². The third kappa shape index (κ3) is 6.22. The number of nitrogens with zero attached hydrogens (tertiary/aromatic N) is 1. The Morgan fingerprint density at radius 3 is 2.25 bits per heavy atom. The predicted octanol–water partition coefficient (Wildman–Crippen LogP) is 3.07. The molecule has 4 N–H and O–H groups in total. The Morgan fingerprint density at radius 1 is 0.875 bits per heavy atom. The minimum atomic E-state index is -1.78. The zero-order valence-corrected chi connectivity index (χ0v) is 21.9. The van der Waals surface area contributed by atoms with E-state index in [1.54, 1.807) is 6.07 Å². The number of carbonyl (C=O) groups excluding carboxylic acids is 2. The van der Waals surface area contributed by atoms with Crippen molar-refractivity contribution in [3.8, 4) is 0 Å². The molecule has 9 heteroatoms. The van der Waals surface area contributed by atoms with Gasteiger partial charge in [-0.15, -0.1) is 0 Å². The van der Waals surface area contributed by atoms with E-state index in [4.69, 9.17) is 4.84 Å². The molecule has 4 aromatic rings. The Balaban J connectivity index is 1.31. The minimum absolute atomic E-state index is 0.0991. The molecule has 0 fully saturated rings. The number of nitrogens with one attached hydrogen (secondary N) is 2. The van der Waals surface area contributed by atoms with E-state index < -0.39 is 24.6 Å². The Hall–Kier alpha value is -4.47. The number of amides is 2. The summed E-state index contributed by atoms with van der Waals surface area (Å²) in [5, 5.41) is 31.8. The lowest BCUT2D eigenvalue weighted by Gasteiger charge is -2.28. The number of hydrogen-bond donors (Lipinski definition) is 4. The number of fused-ring (bicyclic) bond motifs is 1. The van der Waals surface area contributed by atoms with E-state index in [0.29, 0.717) is 11.3 Å². The molecular weight excluding hydrogens is 505 g/mol. The van der Waals surface area contributed by atoms with E-state index in [0.717, 1.165) is 21.9 Å². The van der Waals surface area contributed by atoms with Gasteiger partial charge in [0, 0.05) is 18.4 Å². The van der Waals surface area contributed by atoms with E-state index in [-0.39, 0.29) is 31.7 Å². The lowest BCUT2D eigenvalue weighted by Crippen LogP contribution is -2.56. The molecule has 5 rings (SSSR count). The fourth-order valence-corrected chi connectivity index (χ4v) is 4.96. The summed E-state index contributed by atoms with van der Waals surface area (Å²) in [6.45, 7) is 0.0991. The van der Waals surface area contributed by atoms with Crippen LogP contribution in [0.2, 0.25) is 0 Å². The highest BCUT2D eigenvalue weighted by Gasteiger charge is 2.48. The van der Waals surface area contributed by atoms with Crippen LogP contribution in [0.3, 0.4) is 0 Å². The summed E-state index contributed by atoms with van der Waals surface area (Å²) in [6.07, 6.45) is 0.563. The highest BCUT2D eigenvalue weighted by molar-refractivity contribution is 6.43. The topological polar surface area (TPSA) is 120 Å². The van der Waals surface area contributed by atoms with Crippen molar-refractivity contribution in [2.24, 2.45) is 5.16 Å². The van der Waals surface area contributed by atoms with Gasteiger partial charge < -0.3 is 25.5 Å².